The minimum Gasteiger partial charge on any atom is -0.488 e. The number of hydrogen-bond acceptors (Lipinski definition) is 3. The van der Waals surface area contributed by atoms with Crippen molar-refractivity contribution in [3.05, 3.63) is 78.4 Å². The van der Waals surface area contributed by atoms with Crippen molar-refractivity contribution in [2.24, 2.45) is 0 Å². The summed E-state index contributed by atoms with van der Waals surface area (Å²) in [6, 6.07) is 23.0. The van der Waals surface area contributed by atoms with Crippen LogP contribution in [0.3, 0.4) is 0 Å². The molecule has 1 saturated heterocycles. The highest BCUT2D eigenvalue weighted by Gasteiger charge is 2.40. The Morgan fingerprint density at radius 2 is 1.70 bits per heavy atom. The van der Waals surface area contributed by atoms with Gasteiger partial charge in [0.2, 0.25) is 5.91 Å². The molecule has 6 nitrogen and oxygen atoms in total. The van der Waals surface area contributed by atoms with Gasteiger partial charge < -0.3 is 19.5 Å². The summed E-state index contributed by atoms with van der Waals surface area (Å²) in [5.41, 5.74) is 2.83. The van der Waals surface area contributed by atoms with Crippen LogP contribution in [0.4, 0.5) is 0 Å². The molecule has 2 atom stereocenters. The molecular formula is C27H27N3O3. The van der Waals surface area contributed by atoms with E-state index in [2.05, 4.69) is 28.9 Å². The van der Waals surface area contributed by atoms with Gasteiger partial charge in [-0.3, -0.25) is 9.59 Å². The third-order valence-electron chi connectivity index (χ3n) is 6.45. The van der Waals surface area contributed by atoms with E-state index >= 15 is 0 Å². The van der Waals surface area contributed by atoms with Crippen molar-refractivity contribution in [2.75, 3.05) is 13.6 Å². The first-order valence-electron chi connectivity index (χ1n) is 11.4. The number of para-hydroxylation sites is 2. The van der Waals surface area contributed by atoms with Crippen LogP contribution in [-0.2, 0) is 11.3 Å². The molecule has 0 bridgehead atoms. The Kier molecular flexibility index (Phi) is 5.50. The standard InChI is InChI=1S/C27H27N3O3/c1-3-29-23-12-8-7-11-21(23)22-15-18(13-14-24(22)29)27(32)30-17-20(16-25(30)26(31)28-2)33-19-9-5-4-6-10-19/h4-15,20,25H,3,16-17H2,1-2H3,(H,28,31)/t20-,25+/m0/s1. The minimum absolute atomic E-state index is 0.155. The Labute approximate surface area is 192 Å². The summed E-state index contributed by atoms with van der Waals surface area (Å²) in [5.74, 6) is 0.408. The number of rotatable bonds is 5. The second-order valence-electron chi connectivity index (χ2n) is 8.37. The summed E-state index contributed by atoms with van der Waals surface area (Å²) in [4.78, 5) is 27.9. The number of ether oxygens (including phenoxy) is 1. The van der Waals surface area contributed by atoms with Gasteiger partial charge in [0.1, 0.15) is 17.9 Å². The van der Waals surface area contributed by atoms with Crippen LogP contribution < -0.4 is 10.1 Å². The molecule has 4 aromatic rings. The van der Waals surface area contributed by atoms with Crippen LogP contribution in [0, 0.1) is 0 Å². The lowest BCUT2D eigenvalue weighted by Gasteiger charge is -2.23. The number of fused-ring (bicyclic) bond motifs is 3. The number of likely N-dealkylation sites (N-methyl/N-ethyl adjacent to an activating group) is 1. The number of nitrogens with one attached hydrogen (secondary N) is 1. The molecule has 2 amide bonds. The summed E-state index contributed by atoms with van der Waals surface area (Å²) in [5, 5.41) is 4.87. The Morgan fingerprint density at radius 3 is 2.45 bits per heavy atom. The zero-order chi connectivity index (χ0) is 22.9. The highest BCUT2D eigenvalue weighted by atomic mass is 16.5. The van der Waals surface area contributed by atoms with Crippen LogP contribution in [0.25, 0.3) is 21.8 Å². The number of aryl methyl sites for hydroxylation is 1. The van der Waals surface area contributed by atoms with Crippen LogP contribution in [-0.4, -0.2) is 47.0 Å². The van der Waals surface area contributed by atoms with Gasteiger partial charge >= 0.3 is 0 Å². The molecule has 6 heteroatoms. The molecule has 1 fully saturated rings. The fourth-order valence-electron chi connectivity index (χ4n) is 4.91. The van der Waals surface area contributed by atoms with Crippen molar-refractivity contribution in [2.45, 2.75) is 32.0 Å². The summed E-state index contributed by atoms with van der Waals surface area (Å²) >= 11 is 0. The molecule has 168 valence electrons. The predicted octanol–water partition coefficient (Wildman–Crippen LogP) is 4.22. The molecule has 1 N–H and O–H groups in total. The Balaban J connectivity index is 1.48. The second kappa shape index (κ2) is 8.62. The quantitative estimate of drug-likeness (QED) is 0.504. The summed E-state index contributed by atoms with van der Waals surface area (Å²) in [6.07, 6.45) is 0.210. The number of likely N-dealkylation sites (tertiary alicyclic amines) is 1. The molecule has 0 unspecified atom stereocenters. The SMILES string of the molecule is CCn1c2ccccc2c2cc(C(=O)N3C[C@@H](Oc4ccccc4)C[C@@H]3C(=O)NC)ccc21. The molecule has 1 aromatic heterocycles. The number of carbonyl (C=O) groups excluding carboxylic acids is 2. The number of carbonyl (C=O) groups is 2. The van der Waals surface area contributed by atoms with Crippen LogP contribution in [0.5, 0.6) is 5.75 Å². The first-order valence-corrected chi connectivity index (χ1v) is 11.4. The fraction of sp³-hybridized carbons (Fsp3) is 0.259. The highest BCUT2D eigenvalue weighted by Crippen LogP contribution is 2.31. The lowest BCUT2D eigenvalue weighted by molar-refractivity contribution is -0.124. The number of hydrogen-bond donors (Lipinski definition) is 1. The van der Waals surface area contributed by atoms with Crippen molar-refractivity contribution in [3.8, 4) is 5.75 Å². The first kappa shape index (κ1) is 21.1. The molecule has 1 aliphatic heterocycles. The number of nitrogens with zero attached hydrogens (tertiary/aromatic N) is 2. The maximum Gasteiger partial charge on any atom is 0.254 e. The predicted molar refractivity (Wildman–Crippen MR) is 129 cm³/mol. The van der Waals surface area contributed by atoms with E-state index in [1.165, 1.54) is 0 Å². The van der Waals surface area contributed by atoms with Crippen LogP contribution in [0.2, 0.25) is 0 Å². The van der Waals surface area contributed by atoms with E-state index in [0.29, 0.717) is 18.5 Å². The zero-order valence-electron chi connectivity index (χ0n) is 18.8. The molecule has 5 rings (SSSR count). The topological polar surface area (TPSA) is 63.6 Å². The molecule has 0 spiro atoms. The molecule has 33 heavy (non-hydrogen) atoms. The third-order valence-corrected chi connectivity index (χ3v) is 6.45. The van der Waals surface area contributed by atoms with Crippen molar-refractivity contribution >= 4 is 33.6 Å². The average molecular weight is 442 g/mol. The third kappa shape index (κ3) is 3.71. The maximum absolute atomic E-state index is 13.6. The van der Waals surface area contributed by atoms with Gasteiger partial charge in [-0.05, 0) is 43.3 Å². The van der Waals surface area contributed by atoms with Gasteiger partial charge in [-0.25, -0.2) is 0 Å². The van der Waals surface area contributed by atoms with Crippen molar-refractivity contribution in [3.63, 3.8) is 0 Å². The summed E-state index contributed by atoms with van der Waals surface area (Å²) in [7, 11) is 1.60. The number of amides is 2. The maximum atomic E-state index is 13.6. The van der Waals surface area contributed by atoms with E-state index in [1.54, 1.807) is 11.9 Å². The monoisotopic (exact) mass is 441 g/mol. The van der Waals surface area contributed by atoms with Gasteiger partial charge in [0.05, 0.1) is 6.54 Å². The van der Waals surface area contributed by atoms with E-state index in [9.17, 15) is 9.59 Å². The fourth-order valence-corrected chi connectivity index (χ4v) is 4.91. The first-order chi connectivity index (χ1) is 16.1. The van der Waals surface area contributed by atoms with Crippen LogP contribution in [0.1, 0.15) is 23.7 Å². The molecular weight excluding hydrogens is 414 g/mol. The largest absolute Gasteiger partial charge is 0.488 e. The molecule has 0 radical (unpaired) electrons. The van der Waals surface area contributed by atoms with Gasteiger partial charge in [0, 0.05) is 47.4 Å². The Hall–Kier alpha value is -3.80. The van der Waals surface area contributed by atoms with Crippen molar-refractivity contribution in [1.82, 2.24) is 14.8 Å². The molecule has 2 heterocycles. The van der Waals surface area contributed by atoms with Gasteiger partial charge in [-0.15, -0.1) is 0 Å². The van der Waals surface area contributed by atoms with E-state index in [0.717, 1.165) is 34.1 Å². The Bertz CT molecular complexity index is 1330. The lowest BCUT2D eigenvalue weighted by atomic mass is 10.1. The molecule has 1 aliphatic rings. The minimum atomic E-state index is -0.566. The van der Waals surface area contributed by atoms with Crippen molar-refractivity contribution < 1.29 is 14.3 Å². The van der Waals surface area contributed by atoms with Gasteiger partial charge in [-0.2, -0.15) is 0 Å². The summed E-state index contributed by atoms with van der Waals surface area (Å²) < 4.78 is 8.34. The van der Waals surface area contributed by atoms with Crippen LogP contribution >= 0.6 is 0 Å². The van der Waals surface area contributed by atoms with E-state index in [-0.39, 0.29) is 17.9 Å². The number of aromatic nitrogens is 1. The van der Waals surface area contributed by atoms with E-state index < -0.39 is 6.04 Å². The smallest absolute Gasteiger partial charge is 0.254 e. The summed E-state index contributed by atoms with van der Waals surface area (Å²) in [6.45, 7) is 3.33. The van der Waals surface area contributed by atoms with Gasteiger partial charge in [0.25, 0.3) is 5.91 Å². The van der Waals surface area contributed by atoms with Crippen LogP contribution in [0.15, 0.2) is 72.8 Å². The Morgan fingerprint density at radius 1 is 0.970 bits per heavy atom. The normalized spacial score (nSPS) is 18.1. The zero-order valence-corrected chi connectivity index (χ0v) is 18.8. The van der Waals surface area contributed by atoms with Gasteiger partial charge in [-0.1, -0.05) is 36.4 Å². The van der Waals surface area contributed by atoms with E-state index in [4.69, 9.17) is 4.74 Å². The molecule has 0 aliphatic carbocycles. The highest BCUT2D eigenvalue weighted by molar-refractivity contribution is 6.11. The molecule has 0 saturated carbocycles. The molecule has 3 aromatic carbocycles. The van der Waals surface area contributed by atoms with Gasteiger partial charge in [0.15, 0.2) is 0 Å². The second-order valence-corrected chi connectivity index (χ2v) is 8.37. The van der Waals surface area contributed by atoms with E-state index in [1.807, 2.05) is 60.7 Å². The number of benzene rings is 3. The average Bonchev–Trinajstić information content (AvgIpc) is 3.42. The lowest BCUT2D eigenvalue weighted by Crippen LogP contribution is -2.44. The van der Waals surface area contributed by atoms with Crippen molar-refractivity contribution in [1.29, 1.82) is 0 Å².